The Morgan fingerprint density at radius 1 is 1.32 bits per heavy atom. The highest BCUT2D eigenvalue weighted by Crippen LogP contribution is 2.37. The van der Waals surface area contributed by atoms with Crippen molar-refractivity contribution in [3.63, 3.8) is 0 Å². The predicted molar refractivity (Wildman–Crippen MR) is 82.1 cm³/mol. The third kappa shape index (κ3) is 3.35. The molecule has 0 aromatic rings. The van der Waals surface area contributed by atoms with Crippen LogP contribution in [0.3, 0.4) is 0 Å². The van der Waals surface area contributed by atoms with Crippen LogP contribution in [-0.4, -0.2) is 38.5 Å². The normalized spacial score (nSPS) is 26.4. The Balaban J connectivity index is 2.37. The van der Waals surface area contributed by atoms with E-state index < -0.39 is 11.9 Å². The molecule has 2 aliphatic carbocycles. The maximum absolute atomic E-state index is 11.8. The minimum absolute atomic E-state index is 0.0252. The summed E-state index contributed by atoms with van der Waals surface area (Å²) in [5.41, 5.74) is 0.827. The first kappa shape index (κ1) is 16.6. The van der Waals surface area contributed by atoms with E-state index in [1.807, 2.05) is 6.08 Å². The fourth-order valence-corrected chi connectivity index (χ4v) is 3.30. The smallest absolute Gasteiger partial charge is 0.311 e. The number of carbonyl (C=O) groups is 1. The molecule has 0 saturated carbocycles. The first-order valence-corrected chi connectivity index (χ1v) is 7.57. The molecule has 0 amide bonds. The van der Waals surface area contributed by atoms with Gasteiger partial charge in [-0.25, -0.2) is 0 Å². The van der Waals surface area contributed by atoms with Gasteiger partial charge in [0.1, 0.15) is 6.10 Å². The molecule has 2 aliphatic rings. The van der Waals surface area contributed by atoms with Crippen molar-refractivity contribution in [1.29, 1.82) is 0 Å². The van der Waals surface area contributed by atoms with Crippen molar-refractivity contribution in [1.82, 2.24) is 0 Å². The highest BCUT2D eigenvalue weighted by molar-refractivity contribution is 5.75. The van der Waals surface area contributed by atoms with Gasteiger partial charge < -0.3 is 19.3 Å². The van der Waals surface area contributed by atoms with E-state index in [1.54, 1.807) is 27.4 Å². The molecule has 0 saturated heterocycles. The summed E-state index contributed by atoms with van der Waals surface area (Å²) in [7, 11) is 4.71. The molecule has 5 heteroatoms. The number of methoxy groups -OCH3 is 3. The van der Waals surface area contributed by atoms with Crippen LogP contribution in [0.2, 0.25) is 0 Å². The van der Waals surface area contributed by atoms with Gasteiger partial charge in [-0.3, -0.25) is 4.79 Å². The van der Waals surface area contributed by atoms with Crippen LogP contribution in [0.4, 0.5) is 0 Å². The monoisotopic (exact) mass is 308 g/mol. The second kappa shape index (κ2) is 7.49. The molecule has 0 aromatic heterocycles. The Morgan fingerprint density at radius 3 is 2.59 bits per heavy atom. The molecule has 22 heavy (non-hydrogen) atoms. The molecule has 0 radical (unpaired) electrons. The van der Waals surface area contributed by atoms with E-state index in [0.29, 0.717) is 17.9 Å². The highest BCUT2D eigenvalue weighted by Gasteiger charge is 2.36. The topological polar surface area (TPSA) is 65.0 Å². The minimum Gasteiger partial charge on any atom is -0.494 e. The SMILES string of the molecule is COC1=C(OC)C(OC)CC([C@@H](C(=O)O)C2C=CCCC2)=C1. The Bertz CT molecular complexity index is 503. The van der Waals surface area contributed by atoms with Crippen molar-refractivity contribution < 1.29 is 24.1 Å². The number of hydrogen-bond donors (Lipinski definition) is 1. The zero-order valence-electron chi connectivity index (χ0n) is 13.4. The van der Waals surface area contributed by atoms with Gasteiger partial charge in [0.2, 0.25) is 0 Å². The van der Waals surface area contributed by atoms with E-state index in [-0.39, 0.29) is 12.0 Å². The number of ether oxygens (including phenoxy) is 3. The number of rotatable bonds is 6. The van der Waals surface area contributed by atoms with Gasteiger partial charge in [-0.15, -0.1) is 0 Å². The Hall–Kier alpha value is -1.75. The third-order valence-electron chi connectivity index (χ3n) is 4.38. The van der Waals surface area contributed by atoms with Gasteiger partial charge in [0, 0.05) is 13.5 Å². The Labute approximate surface area is 131 Å². The van der Waals surface area contributed by atoms with Crippen molar-refractivity contribution >= 4 is 5.97 Å². The van der Waals surface area contributed by atoms with Gasteiger partial charge in [0.25, 0.3) is 0 Å². The summed E-state index contributed by atoms with van der Waals surface area (Å²) in [6.07, 6.45) is 9.06. The number of allylic oxidation sites excluding steroid dienone is 3. The molecule has 2 unspecified atom stereocenters. The first-order chi connectivity index (χ1) is 10.6. The van der Waals surface area contributed by atoms with Crippen LogP contribution >= 0.6 is 0 Å². The number of carboxylic acid groups (broad SMARTS) is 1. The highest BCUT2D eigenvalue weighted by atomic mass is 16.5. The quantitative estimate of drug-likeness (QED) is 0.764. The van der Waals surface area contributed by atoms with Crippen LogP contribution in [0.1, 0.15) is 25.7 Å². The van der Waals surface area contributed by atoms with E-state index in [9.17, 15) is 9.90 Å². The summed E-state index contributed by atoms with van der Waals surface area (Å²) in [6, 6.07) is 0. The molecule has 122 valence electrons. The van der Waals surface area contributed by atoms with Crippen molar-refractivity contribution in [2.24, 2.45) is 11.8 Å². The van der Waals surface area contributed by atoms with Gasteiger partial charge in [-0.05, 0) is 36.8 Å². The molecule has 0 fully saturated rings. The number of aliphatic carboxylic acids is 1. The average Bonchev–Trinajstić information content (AvgIpc) is 2.54. The van der Waals surface area contributed by atoms with Crippen LogP contribution in [0.5, 0.6) is 0 Å². The second-order valence-electron chi connectivity index (χ2n) is 5.62. The predicted octanol–water partition coefficient (Wildman–Crippen LogP) is 2.89. The maximum Gasteiger partial charge on any atom is 0.311 e. The maximum atomic E-state index is 11.8. The number of hydrogen-bond acceptors (Lipinski definition) is 4. The molecule has 0 spiro atoms. The van der Waals surface area contributed by atoms with Crippen LogP contribution in [0.25, 0.3) is 0 Å². The summed E-state index contributed by atoms with van der Waals surface area (Å²) >= 11 is 0. The fourth-order valence-electron chi connectivity index (χ4n) is 3.30. The molecular weight excluding hydrogens is 284 g/mol. The minimum atomic E-state index is -0.797. The summed E-state index contributed by atoms with van der Waals surface area (Å²) in [5, 5.41) is 9.72. The van der Waals surface area contributed by atoms with E-state index in [0.717, 1.165) is 24.8 Å². The Morgan fingerprint density at radius 2 is 2.09 bits per heavy atom. The lowest BCUT2D eigenvalue weighted by Crippen LogP contribution is -2.31. The first-order valence-electron chi connectivity index (χ1n) is 7.57. The van der Waals surface area contributed by atoms with E-state index in [1.165, 1.54) is 0 Å². The van der Waals surface area contributed by atoms with Crippen molar-refractivity contribution in [3.05, 3.63) is 35.3 Å². The van der Waals surface area contributed by atoms with Crippen LogP contribution in [-0.2, 0) is 19.0 Å². The lowest BCUT2D eigenvalue weighted by molar-refractivity contribution is -0.141. The van der Waals surface area contributed by atoms with Crippen molar-refractivity contribution in [3.8, 4) is 0 Å². The number of carboxylic acids is 1. The third-order valence-corrected chi connectivity index (χ3v) is 4.38. The molecule has 2 rings (SSSR count). The van der Waals surface area contributed by atoms with E-state index in [2.05, 4.69) is 6.08 Å². The van der Waals surface area contributed by atoms with Crippen molar-refractivity contribution in [2.45, 2.75) is 31.8 Å². The second-order valence-corrected chi connectivity index (χ2v) is 5.62. The van der Waals surface area contributed by atoms with Gasteiger partial charge in [-0.1, -0.05) is 12.2 Å². The van der Waals surface area contributed by atoms with Crippen LogP contribution in [0.15, 0.2) is 35.3 Å². The molecule has 0 heterocycles. The van der Waals surface area contributed by atoms with Gasteiger partial charge in [0.15, 0.2) is 11.5 Å². The summed E-state index contributed by atoms with van der Waals surface area (Å²) in [5.74, 6) is -0.164. The molecular formula is C17H24O5. The molecule has 1 N–H and O–H groups in total. The van der Waals surface area contributed by atoms with Crippen LogP contribution < -0.4 is 0 Å². The Kier molecular flexibility index (Phi) is 5.66. The molecule has 3 atom stereocenters. The summed E-state index contributed by atoms with van der Waals surface area (Å²) < 4.78 is 16.2. The van der Waals surface area contributed by atoms with Gasteiger partial charge >= 0.3 is 5.97 Å². The standard InChI is InChI=1S/C17H24O5/c1-20-13-9-12(10-14(21-2)16(13)22-3)15(17(18)19)11-7-5-4-6-8-11/h5,7,9,11,14-15H,4,6,8,10H2,1-3H3,(H,18,19)/t11?,14?,15-/m0/s1. The summed E-state index contributed by atoms with van der Waals surface area (Å²) in [6.45, 7) is 0. The van der Waals surface area contributed by atoms with E-state index >= 15 is 0 Å². The van der Waals surface area contributed by atoms with E-state index in [4.69, 9.17) is 14.2 Å². The fraction of sp³-hybridized carbons (Fsp3) is 0.588. The van der Waals surface area contributed by atoms with Gasteiger partial charge in [0.05, 0.1) is 20.1 Å². The molecule has 0 bridgehead atoms. The largest absolute Gasteiger partial charge is 0.494 e. The van der Waals surface area contributed by atoms with Crippen molar-refractivity contribution in [2.75, 3.05) is 21.3 Å². The molecule has 0 aromatic carbocycles. The van der Waals surface area contributed by atoms with Crippen LogP contribution in [0, 0.1) is 11.8 Å². The lowest BCUT2D eigenvalue weighted by atomic mass is 9.77. The summed E-state index contributed by atoms with van der Waals surface area (Å²) in [4.78, 5) is 11.8. The zero-order valence-corrected chi connectivity index (χ0v) is 13.4. The molecule has 5 nitrogen and oxygen atoms in total. The lowest BCUT2D eigenvalue weighted by Gasteiger charge is -2.31. The zero-order chi connectivity index (χ0) is 16.1. The molecule has 0 aliphatic heterocycles. The average molecular weight is 308 g/mol. The van der Waals surface area contributed by atoms with Gasteiger partial charge in [-0.2, -0.15) is 0 Å².